The van der Waals surface area contributed by atoms with Gasteiger partial charge in [-0.25, -0.2) is 0 Å². The van der Waals surface area contributed by atoms with Crippen molar-refractivity contribution in [2.45, 2.75) is 26.1 Å². The second-order valence-corrected chi connectivity index (χ2v) is 5.44. The van der Waals surface area contributed by atoms with E-state index < -0.39 is 0 Å². The Bertz CT molecular complexity index is 327. The SMILES string of the molecule is CNCc1ccoc1CN1CCSCC1C. The molecule has 1 aromatic rings. The molecule has 3 nitrogen and oxygen atoms in total. The van der Waals surface area contributed by atoms with Crippen LogP contribution in [-0.4, -0.2) is 36.0 Å². The van der Waals surface area contributed by atoms with Crippen molar-refractivity contribution in [3.05, 3.63) is 23.7 Å². The number of hydrogen-bond donors (Lipinski definition) is 1. The second-order valence-electron chi connectivity index (χ2n) is 4.29. The van der Waals surface area contributed by atoms with Gasteiger partial charge in [-0.05, 0) is 20.0 Å². The third-order valence-corrected chi connectivity index (χ3v) is 4.25. The molecule has 0 radical (unpaired) electrons. The Morgan fingerprint density at radius 2 is 2.50 bits per heavy atom. The van der Waals surface area contributed by atoms with Gasteiger partial charge in [0.15, 0.2) is 0 Å². The van der Waals surface area contributed by atoms with Crippen LogP contribution in [0.4, 0.5) is 0 Å². The molecule has 1 aliphatic rings. The van der Waals surface area contributed by atoms with Crippen molar-refractivity contribution in [3.8, 4) is 0 Å². The molecule has 0 aromatic carbocycles. The molecule has 1 atom stereocenters. The maximum atomic E-state index is 5.58. The first kappa shape index (κ1) is 12.0. The highest BCUT2D eigenvalue weighted by Crippen LogP contribution is 2.20. The fourth-order valence-electron chi connectivity index (χ4n) is 2.03. The van der Waals surface area contributed by atoms with Crippen LogP contribution < -0.4 is 5.32 Å². The van der Waals surface area contributed by atoms with Gasteiger partial charge in [0.05, 0.1) is 12.8 Å². The van der Waals surface area contributed by atoms with Gasteiger partial charge in [-0.2, -0.15) is 11.8 Å². The smallest absolute Gasteiger partial charge is 0.122 e. The number of nitrogens with zero attached hydrogens (tertiary/aromatic N) is 1. The minimum absolute atomic E-state index is 0.659. The van der Waals surface area contributed by atoms with Crippen LogP contribution in [0.25, 0.3) is 0 Å². The molecule has 0 aliphatic carbocycles. The molecule has 1 N–H and O–H groups in total. The fraction of sp³-hybridized carbons (Fsp3) is 0.667. The Labute approximate surface area is 102 Å². The van der Waals surface area contributed by atoms with Crippen molar-refractivity contribution in [3.63, 3.8) is 0 Å². The van der Waals surface area contributed by atoms with E-state index in [0.29, 0.717) is 6.04 Å². The zero-order chi connectivity index (χ0) is 11.4. The summed E-state index contributed by atoms with van der Waals surface area (Å²) < 4.78 is 5.58. The molecule has 1 aliphatic heterocycles. The van der Waals surface area contributed by atoms with Crippen molar-refractivity contribution in [2.24, 2.45) is 0 Å². The molecule has 2 rings (SSSR count). The van der Waals surface area contributed by atoms with Gasteiger partial charge >= 0.3 is 0 Å². The van der Waals surface area contributed by atoms with E-state index in [4.69, 9.17) is 4.42 Å². The van der Waals surface area contributed by atoms with E-state index in [-0.39, 0.29) is 0 Å². The van der Waals surface area contributed by atoms with Crippen LogP contribution in [0.3, 0.4) is 0 Å². The van der Waals surface area contributed by atoms with Gasteiger partial charge in [-0.1, -0.05) is 0 Å². The van der Waals surface area contributed by atoms with Crippen molar-refractivity contribution in [1.29, 1.82) is 0 Å². The molecule has 0 amide bonds. The molecular weight excluding hydrogens is 220 g/mol. The van der Waals surface area contributed by atoms with Gasteiger partial charge in [-0.15, -0.1) is 0 Å². The molecule has 4 heteroatoms. The van der Waals surface area contributed by atoms with Gasteiger partial charge in [0.1, 0.15) is 5.76 Å². The average molecular weight is 240 g/mol. The van der Waals surface area contributed by atoms with Crippen LogP contribution in [0.1, 0.15) is 18.2 Å². The average Bonchev–Trinajstić information content (AvgIpc) is 2.70. The zero-order valence-corrected chi connectivity index (χ0v) is 10.8. The summed E-state index contributed by atoms with van der Waals surface area (Å²) in [4.78, 5) is 2.51. The maximum absolute atomic E-state index is 5.58. The summed E-state index contributed by atoms with van der Waals surface area (Å²) in [7, 11) is 1.97. The van der Waals surface area contributed by atoms with Gasteiger partial charge in [-0.3, -0.25) is 4.90 Å². The summed E-state index contributed by atoms with van der Waals surface area (Å²) >= 11 is 2.05. The highest BCUT2D eigenvalue weighted by molar-refractivity contribution is 7.99. The van der Waals surface area contributed by atoms with Gasteiger partial charge in [0, 0.05) is 36.2 Å². The standard InChI is InChI=1S/C12H20N2OS/c1-10-9-16-6-4-14(10)8-12-11(7-13-2)3-5-15-12/h3,5,10,13H,4,6-9H2,1-2H3. The molecule has 16 heavy (non-hydrogen) atoms. The summed E-state index contributed by atoms with van der Waals surface area (Å²) in [6.07, 6.45) is 1.80. The largest absolute Gasteiger partial charge is 0.468 e. The van der Waals surface area contributed by atoms with Crippen LogP contribution >= 0.6 is 11.8 Å². The predicted octanol–water partition coefficient (Wildman–Crippen LogP) is 1.94. The second kappa shape index (κ2) is 5.75. The lowest BCUT2D eigenvalue weighted by atomic mass is 10.2. The monoisotopic (exact) mass is 240 g/mol. The Morgan fingerprint density at radius 1 is 1.62 bits per heavy atom. The van der Waals surface area contributed by atoms with E-state index in [0.717, 1.165) is 18.8 Å². The number of hydrogen-bond acceptors (Lipinski definition) is 4. The molecule has 0 bridgehead atoms. The maximum Gasteiger partial charge on any atom is 0.122 e. The lowest BCUT2D eigenvalue weighted by molar-refractivity contribution is 0.205. The third-order valence-electron chi connectivity index (χ3n) is 3.06. The lowest BCUT2D eigenvalue weighted by Gasteiger charge is -2.32. The van der Waals surface area contributed by atoms with Crippen LogP contribution in [0.15, 0.2) is 16.7 Å². The predicted molar refractivity (Wildman–Crippen MR) is 68.7 cm³/mol. The number of nitrogens with one attached hydrogen (secondary N) is 1. The van der Waals surface area contributed by atoms with Crippen LogP contribution in [0, 0.1) is 0 Å². The van der Waals surface area contributed by atoms with Gasteiger partial charge in [0.2, 0.25) is 0 Å². The number of rotatable bonds is 4. The van der Waals surface area contributed by atoms with Crippen molar-refractivity contribution in [2.75, 3.05) is 25.1 Å². The highest BCUT2D eigenvalue weighted by Gasteiger charge is 2.20. The number of thioether (sulfide) groups is 1. The van der Waals surface area contributed by atoms with E-state index in [2.05, 4.69) is 23.2 Å². The van der Waals surface area contributed by atoms with E-state index >= 15 is 0 Å². The summed E-state index contributed by atoms with van der Waals surface area (Å²) in [5.41, 5.74) is 1.29. The van der Waals surface area contributed by atoms with Crippen LogP contribution in [-0.2, 0) is 13.1 Å². The first-order valence-corrected chi connectivity index (χ1v) is 6.98. The number of furan rings is 1. The van der Waals surface area contributed by atoms with E-state index in [1.807, 2.05) is 18.8 Å². The molecule has 0 spiro atoms. The lowest BCUT2D eigenvalue weighted by Crippen LogP contribution is -2.39. The van der Waals surface area contributed by atoms with Crippen molar-refractivity contribution in [1.82, 2.24) is 10.2 Å². The quantitative estimate of drug-likeness (QED) is 0.870. The Kier molecular flexibility index (Phi) is 4.32. The Morgan fingerprint density at radius 3 is 3.25 bits per heavy atom. The summed E-state index contributed by atoms with van der Waals surface area (Å²) in [5.74, 6) is 3.60. The molecule has 1 unspecified atom stereocenters. The first-order valence-electron chi connectivity index (χ1n) is 5.83. The Hall–Kier alpha value is -0.450. The van der Waals surface area contributed by atoms with E-state index in [1.54, 1.807) is 6.26 Å². The molecule has 1 aromatic heterocycles. The Balaban J connectivity index is 1.99. The van der Waals surface area contributed by atoms with Gasteiger partial charge < -0.3 is 9.73 Å². The van der Waals surface area contributed by atoms with Crippen molar-refractivity contribution >= 4 is 11.8 Å². The third kappa shape index (κ3) is 2.81. The fourth-order valence-corrected chi connectivity index (χ4v) is 3.12. The zero-order valence-electron chi connectivity index (χ0n) is 10.0. The molecule has 90 valence electrons. The molecule has 0 saturated carbocycles. The summed E-state index contributed by atoms with van der Waals surface area (Å²) in [5, 5.41) is 3.18. The molecule has 2 heterocycles. The first-order chi connectivity index (χ1) is 7.81. The highest BCUT2D eigenvalue weighted by atomic mass is 32.2. The van der Waals surface area contributed by atoms with Crippen LogP contribution in [0.2, 0.25) is 0 Å². The molecule has 1 saturated heterocycles. The van der Waals surface area contributed by atoms with Crippen LogP contribution in [0.5, 0.6) is 0 Å². The minimum Gasteiger partial charge on any atom is -0.468 e. The molecule has 1 fully saturated rings. The van der Waals surface area contributed by atoms with Gasteiger partial charge in [0.25, 0.3) is 0 Å². The molecular formula is C12H20N2OS. The minimum atomic E-state index is 0.659. The van der Waals surface area contributed by atoms with E-state index in [9.17, 15) is 0 Å². The van der Waals surface area contributed by atoms with E-state index in [1.165, 1.54) is 23.6 Å². The topological polar surface area (TPSA) is 28.4 Å². The summed E-state index contributed by atoms with van der Waals surface area (Å²) in [6, 6.07) is 2.72. The normalized spacial score (nSPS) is 22.5. The van der Waals surface area contributed by atoms with Crippen molar-refractivity contribution < 1.29 is 4.42 Å². The summed E-state index contributed by atoms with van der Waals surface area (Å²) in [6.45, 7) is 5.31.